The Morgan fingerprint density at radius 1 is 1.38 bits per heavy atom. The van der Waals surface area contributed by atoms with Crippen molar-refractivity contribution in [3.63, 3.8) is 0 Å². The van der Waals surface area contributed by atoms with Crippen LogP contribution in [0.25, 0.3) is 0 Å². The van der Waals surface area contributed by atoms with Gasteiger partial charge in [-0.2, -0.15) is 0 Å². The summed E-state index contributed by atoms with van der Waals surface area (Å²) in [5.74, 6) is 0. The molecule has 2 atom stereocenters. The van der Waals surface area contributed by atoms with Gasteiger partial charge >= 0.3 is 0 Å². The van der Waals surface area contributed by atoms with Gasteiger partial charge in [-0.15, -0.1) is 0 Å². The Labute approximate surface area is 81.1 Å². The summed E-state index contributed by atoms with van der Waals surface area (Å²) >= 11 is 0. The molecule has 0 radical (unpaired) electrons. The van der Waals surface area contributed by atoms with Gasteiger partial charge in [0.2, 0.25) is 0 Å². The highest BCUT2D eigenvalue weighted by atomic mass is 16.3. The molecule has 1 aliphatic heterocycles. The van der Waals surface area contributed by atoms with E-state index < -0.39 is 0 Å². The summed E-state index contributed by atoms with van der Waals surface area (Å²) in [5.41, 5.74) is 0. The first-order valence-corrected chi connectivity index (χ1v) is 5.42. The summed E-state index contributed by atoms with van der Waals surface area (Å²) in [6.07, 6.45) is 2.29. The zero-order valence-corrected chi connectivity index (χ0v) is 8.79. The van der Waals surface area contributed by atoms with Crippen LogP contribution >= 0.6 is 0 Å². The van der Waals surface area contributed by atoms with Gasteiger partial charge in [-0.1, -0.05) is 20.3 Å². The topological polar surface area (TPSA) is 35.5 Å². The third kappa shape index (κ3) is 2.93. The molecule has 1 saturated heterocycles. The molecule has 0 unspecified atom stereocenters. The number of β-amino-alcohol motifs (C(OH)–C–C–N with tert-alkyl or cyclic N) is 1. The lowest BCUT2D eigenvalue weighted by atomic mass is 10.1. The van der Waals surface area contributed by atoms with E-state index in [1.807, 2.05) is 0 Å². The van der Waals surface area contributed by atoms with Crippen molar-refractivity contribution in [2.24, 2.45) is 0 Å². The van der Waals surface area contributed by atoms with Gasteiger partial charge in [-0.25, -0.2) is 0 Å². The smallest absolute Gasteiger partial charge is 0.0831 e. The van der Waals surface area contributed by atoms with Crippen molar-refractivity contribution in [3.05, 3.63) is 0 Å². The molecule has 0 aromatic rings. The molecule has 1 aliphatic rings. The molecule has 1 heterocycles. The molecule has 0 aromatic carbocycles. The molecule has 0 aliphatic carbocycles. The highest BCUT2D eigenvalue weighted by molar-refractivity contribution is 4.88. The maximum atomic E-state index is 9.69. The zero-order chi connectivity index (χ0) is 9.68. The first-order valence-electron chi connectivity index (χ1n) is 5.42. The number of nitrogens with one attached hydrogen (secondary N) is 1. The van der Waals surface area contributed by atoms with Crippen LogP contribution in [0, 0.1) is 0 Å². The lowest BCUT2D eigenvalue weighted by Gasteiger charge is -2.28. The van der Waals surface area contributed by atoms with Gasteiger partial charge in [0.25, 0.3) is 0 Å². The number of aliphatic hydroxyl groups is 1. The van der Waals surface area contributed by atoms with Crippen LogP contribution in [0.2, 0.25) is 0 Å². The van der Waals surface area contributed by atoms with Crippen LogP contribution in [0.3, 0.4) is 0 Å². The second-order valence-electron chi connectivity index (χ2n) is 3.78. The van der Waals surface area contributed by atoms with Crippen molar-refractivity contribution in [3.8, 4) is 0 Å². The monoisotopic (exact) mass is 186 g/mol. The molecule has 1 rings (SSSR count). The maximum absolute atomic E-state index is 9.69. The van der Waals surface area contributed by atoms with Crippen molar-refractivity contribution < 1.29 is 5.11 Å². The van der Waals surface area contributed by atoms with Crippen LogP contribution < -0.4 is 5.32 Å². The molecule has 3 nitrogen and oxygen atoms in total. The molecule has 0 saturated carbocycles. The van der Waals surface area contributed by atoms with Crippen LogP contribution in [0.1, 0.15) is 26.7 Å². The second-order valence-corrected chi connectivity index (χ2v) is 3.78. The number of unbranched alkanes of at least 4 members (excludes halogenated alkanes) is 1. The van der Waals surface area contributed by atoms with E-state index >= 15 is 0 Å². The molecule has 0 bridgehead atoms. The quantitative estimate of drug-likeness (QED) is 0.654. The number of likely N-dealkylation sites (N-methyl/N-ethyl adjacent to an activating group) is 1. The summed E-state index contributed by atoms with van der Waals surface area (Å²) in [7, 11) is 0. The molecule has 1 fully saturated rings. The molecular formula is C10H22N2O. The number of hydrogen-bond acceptors (Lipinski definition) is 3. The number of nitrogens with zero attached hydrogens (tertiary/aromatic N) is 1. The van der Waals surface area contributed by atoms with Gasteiger partial charge in [-0.3, -0.25) is 4.90 Å². The van der Waals surface area contributed by atoms with E-state index in [9.17, 15) is 5.11 Å². The fourth-order valence-electron chi connectivity index (χ4n) is 1.94. The van der Waals surface area contributed by atoms with Gasteiger partial charge in [0, 0.05) is 19.1 Å². The molecule has 3 heteroatoms. The molecule has 13 heavy (non-hydrogen) atoms. The minimum Gasteiger partial charge on any atom is -0.390 e. The second kappa shape index (κ2) is 5.58. The Hall–Kier alpha value is -0.120. The first-order chi connectivity index (χ1) is 6.29. The predicted molar refractivity (Wildman–Crippen MR) is 54.8 cm³/mol. The van der Waals surface area contributed by atoms with E-state index in [1.165, 1.54) is 12.8 Å². The Kier molecular flexibility index (Phi) is 4.70. The van der Waals surface area contributed by atoms with E-state index in [4.69, 9.17) is 0 Å². The molecule has 0 spiro atoms. The third-order valence-corrected chi connectivity index (χ3v) is 2.83. The largest absolute Gasteiger partial charge is 0.390 e. The summed E-state index contributed by atoms with van der Waals surface area (Å²) in [4.78, 5) is 2.38. The number of hydrogen-bond donors (Lipinski definition) is 2. The van der Waals surface area contributed by atoms with E-state index in [0.717, 1.165) is 26.2 Å². The van der Waals surface area contributed by atoms with Gasteiger partial charge in [0.15, 0.2) is 0 Å². The van der Waals surface area contributed by atoms with Gasteiger partial charge in [0.1, 0.15) is 0 Å². The van der Waals surface area contributed by atoms with E-state index in [2.05, 4.69) is 24.1 Å². The van der Waals surface area contributed by atoms with E-state index in [1.54, 1.807) is 0 Å². The Balaban J connectivity index is 2.35. The minimum atomic E-state index is -0.170. The first kappa shape index (κ1) is 11.0. The molecule has 0 amide bonds. The van der Waals surface area contributed by atoms with Crippen LogP contribution in [0.15, 0.2) is 0 Å². The van der Waals surface area contributed by atoms with Gasteiger partial charge in [0.05, 0.1) is 6.10 Å². The van der Waals surface area contributed by atoms with Crippen LogP contribution in [0.4, 0.5) is 0 Å². The van der Waals surface area contributed by atoms with Crippen molar-refractivity contribution in [1.82, 2.24) is 10.2 Å². The van der Waals surface area contributed by atoms with Crippen LogP contribution in [-0.4, -0.2) is 48.3 Å². The fourth-order valence-corrected chi connectivity index (χ4v) is 1.94. The lowest BCUT2D eigenvalue weighted by Crippen LogP contribution is -2.43. The number of rotatable bonds is 5. The SMILES string of the molecule is CCCCN(CC)[C@@H]1CNC[C@H]1O. The zero-order valence-electron chi connectivity index (χ0n) is 8.79. The van der Waals surface area contributed by atoms with Crippen LogP contribution in [-0.2, 0) is 0 Å². The molecule has 2 N–H and O–H groups in total. The van der Waals surface area contributed by atoms with Gasteiger partial charge < -0.3 is 10.4 Å². The average molecular weight is 186 g/mol. The molecular weight excluding hydrogens is 164 g/mol. The molecule has 0 aromatic heterocycles. The van der Waals surface area contributed by atoms with Crippen molar-refractivity contribution in [2.75, 3.05) is 26.2 Å². The summed E-state index contributed by atoms with van der Waals surface area (Å²) in [6, 6.07) is 0.344. The molecule has 78 valence electrons. The fraction of sp³-hybridized carbons (Fsp3) is 1.00. The maximum Gasteiger partial charge on any atom is 0.0831 e. The normalized spacial score (nSPS) is 28.6. The highest BCUT2D eigenvalue weighted by Gasteiger charge is 2.28. The Morgan fingerprint density at radius 2 is 2.15 bits per heavy atom. The Morgan fingerprint density at radius 3 is 2.62 bits per heavy atom. The predicted octanol–water partition coefficient (Wildman–Crippen LogP) is 0.441. The highest BCUT2D eigenvalue weighted by Crippen LogP contribution is 2.10. The minimum absolute atomic E-state index is 0.170. The number of aliphatic hydroxyl groups excluding tert-OH is 1. The van der Waals surface area contributed by atoms with Gasteiger partial charge in [-0.05, 0) is 19.5 Å². The van der Waals surface area contributed by atoms with E-state index in [-0.39, 0.29) is 6.10 Å². The van der Waals surface area contributed by atoms with Crippen molar-refractivity contribution in [2.45, 2.75) is 38.8 Å². The summed E-state index contributed by atoms with van der Waals surface area (Å²) < 4.78 is 0. The van der Waals surface area contributed by atoms with Crippen molar-refractivity contribution in [1.29, 1.82) is 0 Å². The summed E-state index contributed by atoms with van der Waals surface area (Å²) in [6.45, 7) is 8.24. The standard InChI is InChI=1S/C10H22N2O/c1-3-5-6-12(4-2)9-7-11-8-10(9)13/h9-11,13H,3-8H2,1-2H3/t9-,10-/m1/s1. The summed E-state index contributed by atoms with van der Waals surface area (Å²) in [5, 5.41) is 12.9. The Bertz CT molecular complexity index is 141. The van der Waals surface area contributed by atoms with Crippen LogP contribution in [0.5, 0.6) is 0 Å². The third-order valence-electron chi connectivity index (χ3n) is 2.83. The van der Waals surface area contributed by atoms with E-state index in [0.29, 0.717) is 6.04 Å². The average Bonchev–Trinajstić information content (AvgIpc) is 2.54. The lowest BCUT2D eigenvalue weighted by molar-refractivity contribution is 0.0855. The van der Waals surface area contributed by atoms with Crippen molar-refractivity contribution >= 4 is 0 Å².